The Hall–Kier alpha value is -2.18. The van der Waals surface area contributed by atoms with Crippen LogP contribution >= 0.6 is 0 Å². The van der Waals surface area contributed by atoms with Crippen molar-refractivity contribution < 1.29 is 9.13 Å². The summed E-state index contributed by atoms with van der Waals surface area (Å²) in [6.45, 7) is 7.08. The summed E-state index contributed by atoms with van der Waals surface area (Å²) in [6, 6.07) is -0.0828. The van der Waals surface area contributed by atoms with Gasteiger partial charge in [-0.25, -0.2) is 4.39 Å². The Labute approximate surface area is 98.6 Å². The minimum absolute atomic E-state index is 0.0828. The average Bonchev–Trinajstić information content (AvgIpc) is 2.34. The molecule has 92 valence electrons. The Kier molecular flexibility index (Phi) is 5.42. The number of anilines is 2. The van der Waals surface area contributed by atoms with Crippen LogP contribution in [0, 0.1) is 0 Å². The summed E-state index contributed by atoms with van der Waals surface area (Å²) < 4.78 is 16.6. The van der Waals surface area contributed by atoms with Gasteiger partial charge in [0, 0.05) is 13.1 Å². The molecule has 7 heteroatoms. The van der Waals surface area contributed by atoms with Crippen molar-refractivity contribution in [2.75, 3.05) is 30.6 Å². The lowest BCUT2D eigenvalue weighted by atomic mass is 10.6. The zero-order chi connectivity index (χ0) is 12.5. The van der Waals surface area contributed by atoms with Gasteiger partial charge in [0.15, 0.2) is 0 Å². The molecule has 0 saturated heterocycles. The van der Waals surface area contributed by atoms with E-state index in [0.717, 1.165) is 0 Å². The smallest absolute Gasteiger partial charge is 0.325 e. The first-order chi connectivity index (χ1) is 8.30. The van der Waals surface area contributed by atoms with Gasteiger partial charge in [-0.1, -0.05) is 12.2 Å². The summed E-state index contributed by atoms with van der Waals surface area (Å²) in [6.07, 6.45) is 3.30. The Morgan fingerprint density at radius 3 is 2.00 bits per heavy atom. The molecule has 0 saturated carbocycles. The molecule has 0 aliphatic carbocycles. The third kappa shape index (κ3) is 4.45. The van der Waals surface area contributed by atoms with E-state index in [-0.39, 0.29) is 17.9 Å². The molecular formula is C10H14FN5O. The van der Waals surface area contributed by atoms with Crippen molar-refractivity contribution in [2.45, 2.75) is 0 Å². The van der Waals surface area contributed by atoms with Crippen LogP contribution in [0.5, 0.6) is 6.01 Å². The van der Waals surface area contributed by atoms with Crippen molar-refractivity contribution in [1.29, 1.82) is 0 Å². The second-order valence-corrected chi connectivity index (χ2v) is 2.86. The van der Waals surface area contributed by atoms with Crippen LogP contribution in [0.4, 0.5) is 16.3 Å². The lowest BCUT2D eigenvalue weighted by Crippen LogP contribution is -2.10. The van der Waals surface area contributed by atoms with Crippen LogP contribution in [0.3, 0.4) is 0 Å². The van der Waals surface area contributed by atoms with Crippen molar-refractivity contribution in [3.05, 3.63) is 25.3 Å². The van der Waals surface area contributed by atoms with E-state index in [1.807, 2.05) is 0 Å². The van der Waals surface area contributed by atoms with E-state index in [1.165, 1.54) is 0 Å². The second kappa shape index (κ2) is 7.15. The van der Waals surface area contributed by atoms with Crippen LogP contribution in [0.1, 0.15) is 0 Å². The van der Waals surface area contributed by atoms with E-state index < -0.39 is 6.86 Å². The molecule has 0 amide bonds. The van der Waals surface area contributed by atoms with Crippen LogP contribution in [-0.2, 0) is 0 Å². The van der Waals surface area contributed by atoms with Gasteiger partial charge in [0.1, 0.15) is 0 Å². The lowest BCUT2D eigenvalue weighted by molar-refractivity contribution is 0.177. The topological polar surface area (TPSA) is 72.0 Å². The number of hydrogen-bond acceptors (Lipinski definition) is 6. The van der Waals surface area contributed by atoms with Crippen molar-refractivity contribution in [1.82, 2.24) is 15.0 Å². The molecule has 0 spiro atoms. The number of rotatable bonds is 8. The SMILES string of the molecule is C=CCNc1nc(NCC=C)nc(OCF)n1. The molecule has 17 heavy (non-hydrogen) atoms. The highest BCUT2D eigenvalue weighted by molar-refractivity contribution is 5.36. The maximum atomic E-state index is 12.1. The van der Waals surface area contributed by atoms with Gasteiger partial charge in [-0.05, 0) is 0 Å². The molecule has 0 fully saturated rings. The summed E-state index contributed by atoms with van der Waals surface area (Å²) in [5.41, 5.74) is 0. The lowest BCUT2D eigenvalue weighted by Gasteiger charge is -2.07. The molecule has 2 N–H and O–H groups in total. The highest BCUT2D eigenvalue weighted by atomic mass is 19.1. The van der Waals surface area contributed by atoms with Crippen molar-refractivity contribution in [3.63, 3.8) is 0 Å². The maximum Gasteiger partial charge on any atom is 0.325 e. The minimum Gasteiger partial charge on any atom is -0.431 e. The highest BCUT2D eigenvalue weighted by Gasteiger charge is 2.06. The van der Waals surface area contributed by atoms with Crippen LogP contribution in [-0.4, -0.2) is 34.9 Å². The number of ether oxygens (including phenoxy) is 1. The second-order valence-electron chi connectivity index (χ2n) is 2.86. The molecule has 1 aromatic rings. The molecule has 6 nitrogen and oxygen atoms in total. The van der Waals surface area contributed by atoms with Crippen molar-refractivity contribution >= 4 is 11.9 Å². The number of hydrogen-bond donors (Lipinski definition) is 2. The molecule has 0 aromatic carbocycles. The monoisotopic (exact) mass is 239 g/mol. The molecule has 1 rings (SSSR count). The fraction of sp³-hybridized carbons (Fsp3) is 0.300. The third-order valence-electron chi connectivity index (χ3n) is 1.61. The first kappa shape index (κ1) is 12.9. The largest absolute Gasteiger partial charge is 0.431 e. The maximum absolute atomic E-state index is 12.1. The zero-order valence-electron chi connectivity index (χ0n) is 9.32. The van der Waals surface area contributed by atoms with Crippen molar-refractivity contribution in [2.24, 2.45) is 0 Å². The van der Waals surface area contributed by atoms with Crippen LogP contribution in [0.2, 0.25) is 0 Å². The van der Waals surface area contributed by atoms with Crippen LogP contribution in [0.15, 0.2) is 25.3 Å². The standard InChI is InChI=1S/C10H14FN5O/c1-3-5-12-8-14-9(13-6-4-2)16-10(15-8)17-7-11/h3-4H,1-2,5-7H2,(H2,12,13,14,15,16). The van der Waals surface area contributed by atoms with Crippen LogP contribution < -0.4 is 15.4 Å². The van der Waals surface area contributed by atoms with E-state index in [4.69, 9.17) is 0 Å². The van der Waals surface area contributed by atoms with E-state index in [1.54, 1.807) is 12.2 Å². The summed E-state index contributed by atoms with van der Waals surface area (Å²) in [4.78, 5) is 11.8. The zero-order valence-corrected chi connectivity index (χ0v) is 9.32. The number of aromatic nitrogens is 3. The molecule has 0 unspecified atom stereocenters. The van der Waals surface area contributed by atoms with Gasteiger partial charge in [0.05, 0.1) is 0 Å². The summed E-state index contributed by atoms with van der Waals surface area (Å²) in [5.74, 6) is 0.574. The quantitative estimate of drug-likeness (QED) is 0.668. The fourth-order valence-corrected chi connectivity index (χ4v) is 0.955. The van der Waals surface area contributed by atoms with Gasteiger partial charge in [-0.15, -0.1) is 13.2 Å². The molecule has 0 bridgehead atoms. The molecule has 0 aliphatic rings. The molecule has 1 aromatic heterocycles. The van der Waals surface area contributed by atoms with E-state index in [2.05, 4.69) is 43.5 Å². The van der Waals surface area contributed by atoms with Gasteiger partial charge in [-0.3, -0.25) is 0 Å². The Balaban J connectivity index is 2.83. The average molecular weight is 239 g/mol. The van der Waals surface area contributed by atoms with E-state index >= 15 is 0 Å². The Morgan fingerprint density at radius 2 is 1.59 bits per heavy atom. The molecule has 0 radical (unpaired) electrons. The van der Waals surface area contributed by atoms with Gasteiger partial charge >= 0.3 is 6.01 Å². The Morgan fingerprint density at radius 1 is 1.06 bits per heavy atom. The number of halogens is 1. The predicted molar refractivity (Wildman–Crippen MR) is 63.8 cm³/mol. The van der Waals surface area contributed by atoms with Gasteiger partial charge in [-0.2, -0.15) is 15.0 Å². The number of nitrogens with one attached hydrogen (secondary N) is 2. The molecular weight excluding hydrogens is 225 g/mol. The van der Waals surface area contributed by atoms with Gasteiger partial charge in [0.25, 0.3) is 0 Å². The number of nitrogens with zero attached hydrogens (tertiary/aromatic N) is 3. The summed E-state index contributed by atoms with van der Waals surface area (Å²) in [7, 11) is 0. The van der Waals surface area contributed by atoms with E-state index in [9.17, 15) is 4.39 Å². The fourth-order valence-electron chi connectivity index (χ4n) is 0.955. The summed E-state index contributed by atoms with van der Waals surface area (Å²) >= 11 is 0. The Bertz CT molecular complexity index is 355. The molecule has 1 heterocycles. The predicted octanol–water partition coefficient (Wildman–Crippen LogP) is 1.37. The number of alkyl halides is 1. The minimum atomic E-state index is -0.994. The normalized spacial score (nSPS) is 9.47. The molecule has 0 aliphatic heterocycles. The molecule has 0 atom stereocenters. The van der Waals surface area contributed by atoms with Crippen LogP contribution in [0.25, 0.3) is 0 Å². The first-order valence-corrected chi connectivity index (χ1v) is 4.94. The van der Waals surface area contributed by atoms with Gasteiger partial charge < -0.3 is 15.4 Å². The highest BCUT2D eigenvalue weighted by Crippen LogP contribution is 2.10. The third-order valence-corrected chi connectivity index (χ3v) is 1.61. The van der Waals surface area contributed by atoms with Crippen molar-refractivity contribution in [3.8, 4) is 6.01 Å². The summed E-state index contributed by atoms with van der Waals surface area (Å²) in [5, 5.41) is 5.72. The van der Waals surface area contributed by atoms with E-state index in [0.29, 0.717) is 13.1 Å². The first-order valence-electron chi connectivity index (χ1n) is 4.94. The van der Waals surface area contributed by atoms with Gasteiger partial charge in [0.2, 0.25) is 18.8 Å².